The quantitative estimate of drug-likeness (QED) is 0.0749. The van der Waals surface area contributed by atoms with Crippen LogP contribution in [-0.2, 0) is 19.2 Å². The van der Waals surface area contributed by atoms with Gasteiger partial charge in [0, 0.05) is 53.8 Å². The second kappa shape index (κ2) is 20.8. The van der Waals surface area contributed by atoms with Crippen molar-refractivity contribution in [2.45, 2.75) is 239 Å². The first-order valence-corrected chi connectivity index (χ1v) is 20.5. The van der Waals surface area contributed by atoms with Gasteiger partial charge in [0.05, 0.1) is 6.61 Å². The van der Waals surface area contributed by atoms with Crippen molar-refractivity contribution in [2.24, 2.45) is 5.92 Å². The molecule has 0 aromatic rings. The van der Waals surface area contributed by atoms with Crippen molar-refractivity contribution in [2.75, 3.05) is 13.2 Å². The van der Waals surface area contributed by atoms with Crippen molar-refractivity contribution in [1.82, 2.24) is 9.96 Å². The highest BCUT2D eigenvalue weighted by molar-refractivity contribution is 5.81. The van der Waals surface area contributed by atoms with Crippen LogP contribution in [0.15, 0.2) is 0 Å². The molecule has 0 N–H and O–H groups in total. The average Bonchev–Trinajstić information content (AvgIpc) is 2.97. The highest BCUT2D eigenvalue weighted by Gasteiger charge is 2.48. The maximum Gasteiger partial charge on any atom is 0.306 e. The lowest BCUT2D eigenvalue weighted by Crippen LogP contribution is -2.62. The summed E-state index contributed by atoms with van der Waals surface area (Å²) in [6, 6.07) is 0. The first-order valence-electron chi connectivity index (χ1n) is 20.5. The minimum absolute atomic E-state index is 0.0491. The molecule has 2 rings (SSSR count). The summed E-state index contributed by atoms with van der Waals surface area (Å²) >= 11 is 0. The lowest BCUT2D eigenvalue weighted by Gasteiger charge is -2.55. The van der Waals surface area contributed by atoms with E-state index in [0.29, 0.717) is 18.6 Å². The molecule has 0 aromatic heterocycles. The third-order valence-electron chi connectivity index (χ3n) is 11.3. The van der Waals surface area contributed by atoms with Crippen molar-refractivity contribution in [1.29, 1.82) is 0 Å². The molecule has 0 saturated carbocycles. The molecule has 2 fully saturated rings. The molecule has 282 valence electrons. The number of Topliss-reactive ketones (excluding diaryl/α,β-unsaturated/α-hetero) is 1. The van der Waals surface area contributed by atoms with Gasteiger partial charge in [-0.2, -0.15) is 5.06 Å². The van der Waals surface area contributed by atoms with Gasteiger partial charge in [0.25, 0.3) is 0 Å². The maximum atomic E-state index is 13.3. The lowest BCUT2D eigenvalue weighted by molar-refractivity contribution is -0.293. The number of likely N-dealkylation sites (tertiary alicyclic amines) is 1. The summed E-state index contributed by atoms with van der Waals surface area (Å²) in [5.74, 6) is 0.523. The van der Waals surface area contributed by atoms with Gasteiger partial charge in [0.1, 0.15) is 11.9 Å². The van der Waals surface area contributed by atoms with Crippen LogP contribution in [0.5, 0.6) is 0 Å². The summed E-state index contributed by atoms with van der Waals surface area (Å²) in [6.07, 6.45) is 23.7. The van der Waals surface area contributed by atoms with Crippen LogP contribution >= 0.6 is 0 Å². The van der Waals surface area contributed by atoms with Gasteiger partial charge in [-0.05, 0) is 100 Å². The Morgan fingerprint density at radius 2 is 1.02 bits per heavy atom. The smallest absolute Gasteiger partial charge is 0.306 e. The topological polar surface area (TPSA) is 59.1 Å². The molecule has 0 unspecified atom stereocenters. The number of hydrogen-bond acceptors (Lipinski definition) is 6. The van der Waals surface area contributed by atoms with E-state index in [2.05, 4.69) is 79.2 Å². The van der Waals surface area contributed by atoms with E-state index in [9.17, 15) is 9.59 Å². The predicted molar refractivity (Wildman–Crippen MR) is 202 cm³/mol. The number of piperidine rings is 2. The molecule has 2 saturated heterocycles. The molecule has 0 bridgehead atoms. The molecule has 2 heterocycles. The number of hydrogen-bond donors (Lipinski definition) is 0. The van der Waals surface area contributed by atoms with Crippen molar-refractivity contribution in [3.63, 3.8) is 0 Å². The molecule has 48 heavy (non-hydrogen) atoms. The number of esters is 1. The number of unbranched alkanes of at least 4 members (excludes halogenated alkanes) is 13. The van der Waals surface area contributed by atoms with E-state index in [0.717, 1.165) is 70.9 Å². The van der Waals surface area contributed by atoms with Gasteiger partial charge in [-0.3, -0.25) is 19.3 Å². The molecule has 0 atom stereocenters. The van der Waals surface area contributed by atoms with E-state index in [1.807, 2.05) is 0 Å². The standard InChI is InChI=1S/C42H80N2O4/c1-11-13-15-17-21-25-29-43-39(3,4)31-35(32-40(43,5)6)37(45)27-23-19-20-24-28-38(46)48-36-33-41(7,8)44(42(9,10)34-36)47-30-26-22-18-16-14-12-2/h35-36H,11-34H2,1-10H3. The Labute approximate surface area is 298 Å². The van der Waals surface area contributed by atoms with Crippen LogP contribution < -0.4 is 0 Å². The number of ketones is 1. The summed E-state index contributed by atoms with van der Waals surface area (Å²) in [6.45, 7) is 24.6. The van der Waals surface area contributed by atoms with E-state index in [-0.39, 0.29) is 40.1 Å². The summed E-state index contributed by atoms with van der Waals surface area (Å²) in [5, 5.41) is 2.18. The summed E-state index contributed by atoms with van der Waals surface area (Å²) in [7, 11) is 0. The number of rotatable bonds is 24. The third kappa shape index (κ3) is 14.7. The van der Waals surface area contributed by atoms with Crippen molar-refractivity contribution >= 4 is 11.8 Å². The first-order chi connectivity index (χ1) is 22.6. The molecule has 6 heteroatoms. The summed E-state index contributed by atoms with van der Waals surface area (Å²) < 4.78 is 6.03. The lowest BCUT2D eigenvalue weighted by atomic mass is 9.71. The van der Waals surface area contributed by atoms with Gasteiger partial charge < -0.3 is 4.74 Å². The van der Waals surface area contributed by atoms with Crippen LogP contribution in [0.4, 0.5) is 0 Å². The van der Waals surface area contributed by atoms with Crippen LogP contribution in [0.2, 0.25) is 0 Å². The Balaban J connectivity index is 1.66. The molecule has 0 aliphatic carbocycles. The monoisotopic (exact) mass is 677 g/mol. The number of ether oxygens (including phenoxy) is 1. The average molecular weight is 677 g/mol. The van der Waals surface area contributed by atoms with Crippen LogP contribution in [0.25, 0.3) is 0 Å². The van der Waals surface area contributed by atoms with Crippen LogP contribution in [0.3, 0.4) is 0 Å². The fourth-order valence-corrected chi connectivity index (χ4v) is 9.21. The zero-order valence-electron chi connectivity index (χ0n) is 33.7. The molecular formula is C42H80N2O4. The highest BCUT2D eigenvalue weighted by atomic mass is 16.7. The van der Waals surface area contributed by atoms with E-state index < -0.39 is 0 Å². The molecule has 6 nitrogen and oxygen atoms in total. The largest absolute Gasteiger partial charge is 0.462 e. The van der Waals surface area contributed by atoms with E-state index in [1.54, 1.807) is 0 Å². The molecule has 0 amide bonds. The summed E-state index contributed by atoms with van der Waals surface area (Å²) in [4.78, 5) is 35.2. The highest BCUT2D eigenvalue weighted by Crippen LogP contribution is 2.43. The molecule has 2 aliphatic heterocycles. The van der Waals surface area contributed by atoms with E-state index in [1.165, 1.54) is 70.6 Å². The second-order valence-electron chi connectivity index (χ2n) is 18.1. The molecular weight excluding hydrogens is 596 g/mol. The Kier molecular flexibility index (Phi) is 18.7. The van der Waals surface area contributed by atoms with Crippen LogP contribution in [0.1, 0.15) is 210 Å². The van der Waals surface area contributed by atoms with Crippen LogP contribution in [0, 0.1) is 5.92 Å². The van der Waals surface area contributed by atoms with Gasteiger partial charge in [-0.25, -0.2) is 0 Å². The van der Waals surface area contributed by atoms with Gasteiger partial charge >= 0.3 is 5.97 Å². The van der Waals surface area contributed by atoms with Gasteiger partial charge in [-0.1, -0.05) is 90.9 Å². The Hall–Kier alpha value is -0.980. The number of carbonyl (C=O) groups excluding carboxylic acids is 2. The zero-order chi connectivity index (χ0) is 35.8. The minimum atomic E-state index is -0.198. The molecule has 0 aromatic carbocycles. The van der Waals surface area contributed by atoms with Gasteiger partial charge in [0.15, 0.2) is 0 Å². The Morgan fingerprint density at radius 3 is 1.56 bits per heavy atom. The van der Waals surface area contributed by atoms with Crippen molar-refractivity contribution < 1.29 is 19.2 Å². The normalized spacial score (nSPS) is 21.4. The Morgan fingerprint density at radius 1 is 0.562 bits per heavy atom. The maximum absolute atomic E-state index is 13.3. The number of nitrogens with zero attached hydrogens (tertiary/aromatic N) is 2. The minimum Gasteiger partial charge on any atom is -0.462 e. The fraction of sp³-hybridized carbons (Fsp3) is 0.952. The molecule has 2 aliphatic rings. The first kappa shape index (κ1) is 43.2. The summed E-state index contributed by atoms with van der Waals surface area (Å²) in [5.41, 5.74) is -0.298. The van der Waals surface area contributed by atoms with E-state index >= 15 is 0 Å². The van der Waals surface area contributed by atoms with Crippen molar-refractivity contribution in [3.8, 4) is 0 Å². The molecule has 0 spiro atoms. The molecule has 0 radical (unpaired) electrons. The van der Waals surface area contributed by atoms with Gasteiger partial charge in [0.2, 0.25) is 0 Å². The SMILES string of the molecule is CCCCCCCCON1C(C)(C)CC(OC(=O)CCCCCCC(=O)C2CC(C)(C)N(CCCCCCCC)C(C)(C)C2)CC1(C)C. The predicted octanol–water partition coefficient (Wildman–Crippen LogP) is 11.4. The van der Waals surface area contributed by atoms with Crippen LogP contribution in [-0.4, -0.2) is 63.1 Å². The Bertz CT molecular complexity index is 891. The third-order valence-corrected chi connectivity index (χ3v) is 11.3. The fourth-order valence-electron chi connectivity index (χ4n) is 9.21. The number of carbonyl (C=O) groups is 2. The zero-order valence-corrected chi connectivity index (χ0v) is 33.7. The van der Waals surface area contributed by atoms with Gasteiger partial charge in [-0.15, -0.1) is 0 Å². The second-order valence-corrected chi connectivity index (χ2v) is 18.1. The van der Waals surface area contributed by atoms with E-state index in [4.69, 9.17) is 9.57 Å². The number of hydroxylamine groups is 2. The van der Waals surface area contributed by atoms with Crippen molar-refractivity contribution in [3.05, 3.63) is 0 Å².